The number of carbonyl (C=O) groups excluding carboxylic acids is 1. The molecule has 1 amide bonds. The van der Waals surface area contributed by atoms with Crippen LogP contribution in [0.25, 0.3) is 17.5 Å². The average molecular weight is 470 g/mol. The van der Waals surface area contributed by atoms with Gasteiger partial charge >= 0.3 is 0 Å². The molecule has 2 aromatic carbocycles. The lowest BCUT2D eigenvalue weighted by molar-refractivity contribution is -0.128. The first-order valence-electron chi connectivity index (χ1n) is 10.7. The predicted molar refractivity (Wildman–Crippen MR) is 128 cm³/mol. The number of hydrogen-bond acceptors (Lipinski definition) is 6. The number of carbonyl (C=O) groups is 1. The smallest absolute Gasteiger partial charge is 0.249 e. The maximum Gasteiger partial charge on any atom is 0.249 e. The summed E-state index contributed by atoms with van der Waals surface area (Å²) in [6, 6.07) is 12.7. The van der Waals surface area contributed by atoms with Gasteiger partial charge in [-0.05, 0) is 63.6 Å². The van der Waals surface area contributed by atoms with Gasteiger partial charge in [-0.2, -0.15) is 0 Å². The van der Waals surface area contributed by atoms with Gasteiger partial charge in [0.25, 0.3) is 0 Å². The highest BCUT2D eigenvalue weighted by Crippen LogP contribution is 2.30. The van der Waals surface area contributed by atoms with Gasteiger partial charge in [-0.3, -0.25) is 4.79 Å². The van der Waals surface area contributed by atoms with Crippen LogP contribution >= 0.6 is 11.6 Å². The molecule has 33 heavy (non-hydrogen) atoms. The van der Waals surface area contributed by atoms with Crippen LogP contribution in [0.2, 0.25) is 5.02 Å². The van der Waals surface area contributed by atoms with E-state index in [2.05, 4.69) is 10.2 Å². The largest absolute Gasteiger partial charge is 0.493 e. The van der Waals surface area contributed by atoms with Gasteiger partial charge in [-0.25, -0.2) is 0 Å². The molecule has 0 aliphatic rings. The quantitative estimate of drug-likeness (QED) is 0.377. The van der Waals surface area contributed by atoms with Gasteiger partial charge < -0.3 is 18.8 Å². The van der Waals surface area contributed by atoms with Crippen LogP contribution in [0.15, 0.2) is 53.0 Å². The maximum absolute atomic E-state index is 12.9. The number of amides is 1. The van der Waals surface area contributed by atoms with E-state index < -0.39 is 0 Å². The summed E-state index contributed by atoms with van der Waals surface area (Å²) >= 11 is 6.21. The minimum absolute atomic E-state index is 0.0320. The molecule has 0 saturated heterocycles. The van der Waals surface area contributed by atoms with Gasteiger partial charge in [0, 0.05) is 12.1 Å². The van der Waals surface area contributed by atoms with Crippen molar-refractivity contribution in [1.29, 1.82) is 0 Å². The van der Waals surface area contributed by atoms with E-state index in [0.29, 0.717) is 33.9 Å². The lowest BCUT2D eigenvalue weighted by Gasteiger charge is -2.23. The first-order chi connectivity index (χ1) is 15.8. The average Bonchev–Trinajstić information content (AvgIpc) is 3.24. The molecule has 8 heteroatoms. The fraction of sp³-hybridized carbons (Fsp3) is 0.320. The molecule has 0 atom stereocenters. The topological polar surface area (TPSA) is 77.7 Å². The van der Waals surface area contributed by atoms with Crippen molar-refractivity contribution in [3.8, 4) is 23.0 Å². The van der Waals surface area contributed by atoms with Gasteiger partial charge in [-0.1, -0.05) is 29.8 Å². The van der Waals surface area contributed by atoms with Gasteiger partial charge in [0.1, 0.15) is 0 Å². The zero-order valence-electron chi connectivity index (χ0n) is 19.4. The standard InChI is InChI=1S/C25H28ClN3O4/c1-16(2)29(15-23-27-28-25(33-23)19-8-6-7-9-20(19)26)24(30)13-11-18-10-12-21(32-17(3)4)22(14-18)31-5/h6-14,16-17H,15H2,1-5H3/b13-11+. The summed E-state index contributed by atoms with van der Waals surface area (Å²) in [6.45, 7) is 7.94. The molecule has 0 bridgehead atoms. The molecule has 0 aliphatic heterocycles. The number of methoxy groups -OCH3 is 1. The van der Waals surface area contributed by atoms with Crippen molar-refractivity contribution in [3.63, 3.8) is 0 Å². The Balaban J connectivity index is 1.73. The minimum Gasteiger partial charge on any atom is -0.493 e. The van der Waals surface area contributed by atoms with Crippen molar-refractivity contribution in [2.24, 2.45) is 0 Å². The Bertz CT molecular complexity index is 1120. The number of nitrogens with zero attached hydrogens (tertiary/aromatic N) is 3. The van der Waals surface area contributed by atoms with E-state index >= 15 is 0 Å². The zero-order valence-corrected chi connectivity index (χ0v) is 20.2. The molecule has 0 N–H and O–H groups in total. The van der Waals surface area contributed by atoms with Crippen LogP contribution < -0.4 is 9.47 Å². The third-order valence-corrected chi connectivity index (χ3v) is 5.08. The Labute approximate surface area is 199 Å². The third kappa shape index (κ3) is 6.35. The highest BCUT2D eigenvalue weighted by molar-refractivity contribution is 6.33. The van der Waals surface area contributed by atoms with Crippen LogP contribution in [0.1, 0.15) is 39.1 Å². The van der Waals surface area contributed by atoms with E-state index in [1.54, 1.807) is 30.2 Å². The maximum atomic E-state index is 12.9. The monoisotopic (exact) mass is 469 g/mol. The van der Waals surface area contributed by atoms with Crippen molar-refractivity contribution in [2.45, 2.75) is 46.4 Å². The van der Waals surface area contributed by atoms with Crippen molar-refractivity contribution >= 4 is 23.6 Å². The summed E-state index contributed by atoms with van der Waals surface area (Å²) in [5.74, 6) is 1.74. The van der Waals surface area contributed by atoms with E-state index in [9.17, 15) is 4.79 Å². The molecule has 0 fully saturated rings. The Kier molecular flexibility index (Phi) is 8.11. The van der Waals surface area contributed by atoms with E-state index in [-0.39, 0.29) is 24.6 Å². The minimum atomic E-state index is -0.177. The van der Waals surface area contributed by atoms with Gasteiger partial charge in [0.2, 0.25) is 17.7 Å². The molecule has 0 unspecified atom stereocenters. The van der Waals surface area contributed by atoms with Crippen LogP contribution in [0.5, 0.6) is 11.5 Å². The summed E-state index contributed by atoms with van der Waals surface area (Å²) in [6.07, 6.45) is 3.29. The Morgan fingerprint density at radius 1 is 1.12 bits per heavy atom. The van der Waals surface area contributed by atoms with Crippen molar-refractivity contribution in [1.82, 2.24) is 15.1 Å². The SMILES string of the molecule is COc1cc(/C=C/C(=O)N(Cc2nnc(-c3ccccc3Cl)o2)C(C)C)ccc1OC(C)C. The van der Waals surface area contributed by atoms with Gasteiger partial charge in [-0.15, -0.1) is 10.2 Å². The summed E-state index contributed by atoms with van der Waals surface area (Å²) in [5.41, 5.74) is 1.47. The van der Waals surface area contributed by atoms with Crippen molar-refractivity contribution < 1.29 is 18.7 Å². The number of hydrogen-bond donors (Lipinski definition) is 0. The lowest BCUT2D eigenvalue weighted by atomic mass is 10.1. The molecule has 0 spiro atoms. The van der Waals surface area contributed by atoms with Crippen LogP contribution in [0.3, 0.4) is 0 Å². The highest BCUT2D eigenvalue weighted by atomic mass is 35.5. The molecule has 0 aliphatic carbocycles. The molecule has 7 nitrogen and oxygen atoms in total. The molecule has 1 aromatic heterocycles. The molecular formula is C25H28ClN3O4. The summed E-state index contributed by atoms with van der Waals surface area (Å²) < 4.78 is 16.9. The van der Waals surface area contributed by atoms with Crippen LogP contribution in [-0.2, 0) is 11.3 Å². The number of rotatable bonds is 9. The summed E-state index contributed by atoms with van der Waals surface area (Å²) in [5, 5.41) is 8.69. The number of benzene rings is 2. The normalized spacial score (nSPS) is 11.4. The summed E-state index contributed by atoms with van der Waals surface area (Å²) in [4.78, 5) is 14.6. The second-order valence-corrected chi connectivity index (χ2v) is 8.36. The van der Waals surface area contributed by atoms with Crippen molar-refractivity contribution in [2.75, 3.05) is 7.11 Å². The van der Waals surface area contributed by atoms with Gasteiger partial charge in [0.15, 0.2) is 11.5 Å². The first kappa shape index (κ1) is 24.3. The number of halogens is 1. The molecule has 174 valence electrons. The van der Waals surface area contributed by atoms with E-state index in [4.69, 9.17) is 25.5 Å². The Morgan fingerprint density at radius 2 is 1.88 bits per heavy atom. The fourth-order valence-corrected chi connectivity index (χ4v) is 3.34. The molecule has 0 saturated carbocycles. The second-order valence-electron chi connectivity index (χ2n) is 7.95. The van der Waals surface area contributed by atoms with Crippen LogP contribution in [0.4, 0.5) is 0 Å². The number of aromatic nitrogens is 2. The molecule has 3 aromatic rings. The Hall–Kier alpha value is -3.32. The molecule has 1 heterocycles. The van der Waals surface area contributed by atoms with E-state index in [1.807, 2.05) is 58.0 Å². The summed E-state index contributed by atoms with van der Waals surface area (Å²) in [7, 11) is 1.59. The van der Waals surface area contributed by atoms with E-state index in [0.717, 1.165) is 5.56 Å². The predicted octanol–water partition coefficient (Wildman–Crippen LogP) is 5.64. The van der Waals surface area contributed by atoms with Crippen LogP contribution in [0, 0.1) is 0 Å². The Morgan fingerprint density at radius 3 is 2.55 bits per heavy atom. The molecule has 3 rings (SSSR count). The first-order valence-corrected chi connectivity index (χ1v) is 11.1. The highest BCUT2D eigenvalue weighted by Gasteiger charge is 2.19. The second kappa shape index (κ2) is 11.0. The fourth-order valence-electron chi connectivity index (χ4n) is 3.12. The molecular weight excluding hydrogens is 442 g/mol. The zero-order chi connectivity index (χ0) is 24.0. The van der Waals surface area contributed by atoms with Crippen molar-refractivity contribution in [3.05, 3.63) is 65.0 Å². The van der Waals surface area contributed by atoms with Crippen LogP contribution in [-0.4, -0.2) is 40.3 Å². The third-order valence-electron chi connectivity index (χ3n) is 4.75. The number of ether oxygens (including phenoxy) is 2. The lowest BCUT2D eigenvalue weighted by Crippen LogP contribution is -2.35. The molecule has 0 radical (unpaired) electrons. The van der Waals surface area contributed by atoms with E-state index in [1.165, 1.54) is 6.08 Å². The van der Waals surface area contributed by atoms with Gasteiger partial charge in [0.05, 0.1) is 30.3 Å².